The van der Waals surface area contributed by atoms with E-state index in [2.05, 4.69) is 0 Å². The predicted octanol–water partition coefficient (Wildman–Crippen LogP) is 3.68. The Morgan fingerprint density at radius 1 is 1.08 bits per heavy atom. The monoisotopic (exact) mass is 373 g/mol. The van der Waals surface area contributed by atoms with E-state index in [0.29, 0.717) is 16.6 Å². The van der Waals surface area contributed by atoms with Crippen LogP contribution in [0.25, 0.3) is 0 Å². The summed E-state index contributed by atoms with van der Waals surface area (Å²) >= 11 is 0. The lowest BCUT2D eigenvalue weighted by Gasteiger charge is -2.22. The molecule has 1 amide bonds. The maximum absolute atomic E-state index is 12.9. The fourth-order valence-electron chi connectivity index (χ4n) is 2.56. The molecule has 134 valence electrons. The van der Waals surface area contributed by atoms with Crippen molar-refractivity contribution < 1.29 is 22.3 Å². The number of hydrogen-bond acceptors (Lipinski definition) is 5. The third-order valence-corrected chi connectivity index (χ3v) is 8.37. The van der Waals surface area contributed by atoms with Crippen LogP contribution in [0.3, 0.4) is 0 Å². The molecule has 24 heavy (non-hydrogen) atoms. The van der Waals surface area contributed by atoms with Crippen molar-refractivity contribution >= 4 is 23.3 Å². The molecule has 0 saturated carbocycles. The summed E-state index contributed by atoms with van der Waals surface area (Å²) in [6.07, 6.45) is 4.10. The number of carbonyl (C=O) groups is 1. The number of carbonyl (C=O) groups excluding carboxylic acids is 1. The third kappa shape index (κ3) is 3.90. The number of nitrogens with zero attached hydrogens (tertiary/aromatic N) is 1. The summed E-state index contributed by atoms with van der Waals surface area (Å²) in [4.78, 5) is 12.3. The number of rotatable bonds is 9. The van der Waals surface area contributed by atoms with E-state index in [1.807, 2.05) is 13.8 Å². The Balaban J connectivity index is 2.15. The first-order valence-corrected chi connectivity index (χ1v) is 11.7. The van der Waals surface area contributed by atoms with E-state index in [1.165, 1.54) is 12.1 Å². The summed E-state index contributed by atoms with van der Waals surface area (Å²) in [5.74, 6) is -0.622. The molecule has 1 aromatic carbocycles. The van der Waals surface area contributed by atoms with Crippen molar-refractivity contribution in [1.29, 1.82) is 0 Å². The second-order valence-electron chi connectivity index (χ2n) is 5.88. The predicted molar refractivity (Wildman–Crippen MR) is 92.9 cm³/mol. The summed E-state index contributed by atoms with van der Waals surface area (Å²) in [6, 6.07) is 6.06. The zero-order valence-corrected chi connectivity index (χ0v) is 15.8. The number of amides is 1. The summed E-state index contributed by atoms with van der Waals surface area (Å²) in [7, 11) is -6.86. The SMILES string of the molecule is CCCCP(=O)(CCCC)OCN1C(=O)c2ccccc2S1(=O)=O. The maximum Gasteiger partial charge on any atom is 0.271 e. The highest BCUT2D eigenvalue weighted by molar-refractivity contribution is 7.90. The van der Waals surface area contributed by atoms with Crippen LogP contribution in [0.15, 0.2) is 29.2 Å². The summed E-state index contributed by atoms with van der Waals surface area (Å²) in [5.41, 5.74) is 0.137. The largest absolute Gasteiger partial charge is 0.306 e. The van der Waals surface area contributed by atoms with Crippen LogP contribution in [-0.4, -0.2) is 37.7 Å². The van der Waals surface area contributed by atoms with Crippen molar-refractivity contribution in [3.8, 4) is 0 Å². The Morgan fingerprint density at radius 2 is 1.67 bits per heavy atom. The fraction of sp³-hybridized carbons (Fsp3) is 0.562. The molecular weight excluding hydrogens is 349 g/mol. The van der Waals surface area contributed by atoms with Crippen LogP contribution in [0.5, 0.6) is 0 Å². The van der Waals surface area contributed by atoms with E-state index in [0.717, 1.165) is 25.7 Å². The van der Waals surface area contributed by atoms with Crippen molar-refractivity contribution in [2.45, 2.75) is 44.4 Å². The topological polar surface area (TPSA) is 80.8 Å². The van der Waals surface area contributed by atoms with Gasteiger partial charge in [0, 0.05) is 12.3 Å². The molecule has 1 aromatic rings. The molecule has 0 fully saturated rings. The lowest BCUT2D eigenvalue weighted by molar-refractivity contribution is 0.0793. The molecule has 0 saturated heterocycles. The van der Waals surface area contributed by atoms with Crippen LogP contribution in [0.2, 0.25) is 0 Å². The minimum absolute atomic E-state index is 0.0180. The van der Waals surface area contributed by atoms with E-state index in [-0.39, 0.29) is 10.5 Å². The highest BCUT2D eigenvalue weighted by Crippen LogP contribution is 2.49. The molecule has 1 aliphatic rings. The van der Waals surface area contributed by atoms with Crippen molar-refractivity contribution in [3.05, 3.63) is 29.8 Å². The molecule has 0 bridgehead atoms. The molecule has 0 N–H and O–H groups in total. The quantitative estimate of drug-likeness (QED) is 0.617. The van der Waals surface area contributed by atoms with Gasteiger partial charge in [0.25, 0.3) is 15.9 Å². The highest BCUT2D eigenvalue weighted by Gasteiger charge is 2.42. The van der Waals surface area contributed by atoms with Crippen molar-refractivity contribution in [1.82, 2.24) is 4.31 Å². The first-order valence-electron chi connectivity index (χ1n) is 8.24. The van der Waals surface area contributed by atoms with Crippen molar-refractivity contribution in [3.63, 3.8) is 0 Å². The summed E-state index contributed by atoms with van der Waals surface area (Å²) in [6.45, 7) is 3.51. The highest BCUT2D eigenvalue weighted by atomic mass is 32.2. The van der Waals surface area contributed by atoms with Crippen LogP contribution in [0.1, 0.15) is 49.9 Å². The van der Waals surface area contributed by atoms with E-state index >= 15 is 0 Å². The molecule has 0 radical (unpaired) electrons. The first kappa shape index (κ1) is 19.2. The van der Waals surface area contributed by atoms with Crippen LogP contribution >= 0.6 is 7.37 Å². The standard InChI is InChI=1S/C16H24NO5PS/c1-3-5-11-23(19,12-6-4-2)22-13-17-16(18)14-9-7-8-10-15(14)24(17,20)21/h7-10H,3-6,11-13H2,1-2H3. The molecule has 0 unspecified atom stereocenters. The molecule has 1 heterocycles. The normalized spacial score (nSPS) is 16.4. The second-order valence-corrected chi connectivity index (χ2v) is 10.5. The molecular formula is C16H24NO5PS. The minimum atomic E-state index is -3.92. The van der Waals surface area contributed by atoms with Crippen LogP contribution in [0, 0.1) is 0 Å². The van der Waals surface area contributed by atoms with Gasteiger partial charge in [0.2, 0.25) is 7.37 Å². The van der Waals surface area contributed by atoms with Gasteiger partial charge in [0.1, 0.15) is 11.6 Å². The number of fused-ring (bicyclic) bond motifs is 1. The Hall–Kier alpha value is -1.17. The zero-order valence-electron chi connectivity index (χ0n) is 14.1. The van der Waals surface area contributed by atoms with E-state index in [4.69, 9.17) is 4.52 Å². The first-order chi connectivity index (χ1) is 11.4. The lowest BCUT2D eigenvalue weighted by Crippen LogP contribution is -2.32. The lowest BCUT2D eigenvalue weighted by atomic mass is 10.2. The van der Waals surface area contributed by atoms with Gasteiger partial charge in [-0.05, 0) is 25.0 Å². The molecule has 0 atom stereocenters. The third-order valence-electron chi connectivity index (χ3n) is 4.03. The Kier molecular flexibility index (Phi) is 6.23. The molecule has 6 nitrogen and oxygen atoms in total. The molecule has 8 heteroatoms. The number of unbranched alkanes of at least 4 members (excludes halogenated alkanes) is 2. The van der Waals surface area contributed by atoms with Gasteiger partial charge in [-0.2, -0.15) is 0 Å². The molecule has 0 spiro atoms. The average molecular weight is 373 g/mol. The maximum atomic E-state index is 12.9. The van der Waals surface area contributed by atoms with Gasteiger partial charge < -0.3 is 4.52 Å². The van der Waals surface area contributed by atoms with Gasteiger partial charge >= 0.3 is 0 Å². The minimum Gasteiger partial charge on any atom is -0.306 e. The van der Waals surface area contributed by atoms with E-state index < -0.39 is 30.0 Å². The number of benzene rings is 1. The second kappa shape index (κ2) is 7.81. The molecule has 2 rings (SSSR count). The van der Waals surface area contributed by atoms with Gasteiger partial charge in [0.05, 0.1) is 5.56 Å². The zero-order chi connectivity index (χ0) is 17.8. The Morgan fingerprint density at radius 3 is 2.21 bits per heavy atom. The Bertz CT molecular complexity index is 735. The summed E-state index contributed by atoms with van der Waals surface area (Å²) in [5, 5.41) is 0. The van der Waals surface area contributed by atoms with Gasteiger partial charge in [-0.25, -0.2) is 12.7 Å². The average Bonchev–Trinajstić information content (AvgIpc) is 2.77. The number of hydrogen-bond donors (Lipinski definition) is 0. The van der Waals surface area contributed by atoms with Crippen molar-refractivity contribution in [2.75, 3.05) is 19.1 Å². The van der Waals surface area contributed by atoms with Gasteiger partial charge in [-0.1, -0.05) is 38.8 Å². The van der Waals surface area contributed by atoms with Gasteiger partial charge in [-0.15, -0.1) is 0 Å². The van der Waals surface area contributed by atoms with E-state index in [9.17, 15) is 17.8 Å². The van der Waals surface area contributed by atoms with Gasteiger partial charge in [-0.3, -0.25) is 9.36 Å². The molecule has 0 aromatic heterocycles. The van der Waals surface area contributed by atoms with Gasteiger partial charge in [0.15, 0.2) is 0 Å². The fourth-order valence-corrected chi connectivity index (χ4v) is 6.47. The summed E-state index contributed by atoms with van der Waals surface area (Å²) < 4.78 is 44.1. The Labute approximate surface area is 143 Å². The van der Waals surface area contributed by atoms with E-state index in [1.54, 1.807) is 12.1 Å². The molecule has 1 aliphatic heterocycles. The smallest absolute Gasteiger partial charge is 0.271 e. The van der Waals surface area contributed by atoms with Crippen molar-refractivity contribution in [2.24, 2.45) is 0 Å². The molecule has 0 aliphatic carbocycles. The van der Waals surface area contributed by atoms with Crippen LogP contribution < -0.4 is 0 Å². The van der Waals surface area contributed by atoms with Crippen LogP contribution in [0.4, 0.5) is 0 Å². The number of sulfonamides is 1. The van der Waals surface area contributed by atoms with Crippen LogP contribution in [-0.2, 0) is 19.1 Å².